The van der Waals surface area contributed by atoms with E-state index in [0.717, 1.165) is 42.8 Å². The number of hydrogen-bond donors (Lipinski definition) is 1. The molecule has 1 saturated heterocycles. The molecule has 0 aromatic heterocycles. The summed E-state index contributed by atoms with van der Waals surface area (Å²) in [7, 11) is 1.57. The molecule has 1 aliphatic rings. The van der Waals surface area contributed by atoms with Gasteiger partial charge < -0.3 is 14.5 Å². The number of rotatable bonds is 8. The van der Waals surface area contributed by atoms with Crippen LogP contribution >= 0.6 is 0 Å². The Bertz CT molecular complexity index is 594. The molecular weight excluding hydrogens is 328 g/mol. The van der Waals surface area contributed by atoms with Crippen molar-refractivity contribution in [3.63, 3.8) is 0 Å². The van der Waals surface area contributed by atoms with E-state index in [1.165, 1.54) is 12.8 Å². The molecule has 1 heterocycles. The Hall–Kier alpha value is -1.88. The second-order valence-electron chi connectivity index (χ2n) is 7.37. The molecule has 1 amide bonds. The molecule has 5 heteroatoms. The highest BCUT2D eigenvalue weighted by molar-refractivity contribution is 5.81. The van der Waals surface area contributed by atoms with Crippen LogP contribution in [0.1, 0.15) is 53.4 Å². The molecule has 0 radical (unpaired) electrons. The second kappa shape index (κ2) is 10.3. The molecule has 1 aliphatic heterocycles. The highest BCUT2D eigenvalue weighted by Gasteiger charge is 2.33. The average Bonchev–Trinajstić information content (AvgIpc) is 2.82. The summed E-state index contributed by atoms with van der Waals surface area (Å²) in [5.41, 5.74) is 2.51. The Morgan fingerprint density at radius 2 is 1.65 bits per heavy atom. The number of ether oxygens (including phenoxy) is 1. The number of quaternary nitrogens is 1. The number of ketones is 1. The summed E-state index contributed by atoms with van der Waals surface area (Å²) in [4.78, 5) is 24.7. The lowest BCUT2D eigenvalue weighted by atomic mass is 10.1. The van der Waals surface area contributed by atoms with Gasteiger partial charge in [-0.15, -0.1) is 0 Å². The zero-order valence-electron chi connectivity index (χ0n) is 17.1. The van der Waals surface area contributed by atoms with Crippen molar-refractivity contribution in [2.45, 2.75) is 53.4 Å². The molecule has 26 heavy (non-hydrogen) atoms. The van der Waals surface area contributed by atoms with Gasteiger partial charge >= 0.3 is 0 Å². The van der Waals surface area contributed by atoms with Crippen LogP contribution < -0.4 is 5.32 Å². The summed E-state index contributed by atoms with van der Waals surface area (Å²) in [6.07, 6.45) is 6.44. The van der Waals surface area contributed by atoms with Gasteiger partial charge in [-0.2, -0.15) is 0 Å². The van der Waals surface area contributed by atoms with Gasteiger partial charge in [0.05, 0.1) is 25.9 Å². The van der Waals surface area contributed by atoms with Crippen molar-refractivity contribution in [1.29, 1.82) is 0 Å². The number of carbonyl (C=O) groups excluding carboxylic acids is 2. The number of nitrogens with one attached hydrogen (secondary N) is 1. The molecule has 5 nitrogen and oxygen atoms in total. The van der Waals surface area contributed by atoms with E-state index < -0.39 is 0 Å². The lowest BCUT2D eigenvalue weighted by Crippen LogP contribution is -2.56. The van der Waals surface area contributed by atoms with Crippen molar-refractivity contribution in [1.82, 2.24) is 5.32 Å². The van der Waals surface area contributed by atoms with Gasteiger partial charge in [-0.05, 0) is 52.0 Å². The van der Waals surface area contributed by atoms with E-state index in [9.17, 15) is 9.59 Å². The molecule has 0 bridgehead atoms. The smallest absolute Gasteiger partial charge is 0.279 e. The fraction of sp³-hybridized carbons (Fsp3) is 0.619. The fourth-order valence-corrected chi connectivity index (χ4v) is 3.61. The van der Waals surface area contributed by atoms with Crippen molar-refractivity contribution >= 4 is 11.7 Å². The largest absolute Gasteiger partial charge is 0.497 e. The molecule has 0 aromatic carbocycles. The first kappa shape index (κ1) is 22.2. The third kappa shape index (κ3) is 6.45. The number of methoxy groups -OCH3 is 1. The van der Waals surface area contributed by atoms with Gasteiger partial charge in [0.1, 0.15) is 12.3 Å². The SMILES string of the molecule is C=C(OC)/C(C)=C(NC(=O)C[N+]1(CC(C)=O)CCCCCC1)/C(C)=C\C. The lowest BCUT2D eigenvalue weighted by Gasteiger charge is -2.36. The molecule has 0 atom stereocenters. The number of carbonyl (C=O) groups is 2. The standard InChI is InChI=1S/C21H34N2O3/c1-7-16(2)21(18(4)19(5)26-6)22-20(25)15-23(14-17(3)24)12-10-8-9-11-13-23/h7H,5,8-15H2,1-4,6H3/p+1/b16-7-,21-18-. The maximum Gasteiger partial charge on any atom is 0.279 e. The van der Waals surface area contributed by atoms with Crippen LogP contribution in [0.5, 0.6) is 0 Å². The molecule has 1 fully saturated rings. The van der Waals surface area contributed by atoms with Gasteiger partial charge in [-0.25, -0.2) is 0 Å². The van der Waals surface area contributed by atoms with Crippen LogP contribution in [0.2, 0.25) is 0 Å². The van der Waals surface area contributed by atoms with Crippen LogP contribution in [-0.2, 0) is 14.3 Å². The van der Waals surface area contributed by atoms with Crippen LogP contribution in [0, 0.1) is 0 Å². The van der Waals surface area contributed by atoms with E-state index in [4.69, 9.17) is 4.74 Å². The lowest BCUT2D eigenvalue weighted by molar-refractivity contribution is -0.912. The Labute approximate surface area is 158 Å². The first-order valence-electron chi connectivity index (χ1n) is 9.46. The van der Waals surface area contributed by atoms with Crippen molar-refractivity contribution < 1.29 is 18.8 Å². The minimum absolute atomic E-state index is 0.0624. The Morgan fingerprint density at radius 1 is 1.08 bits per heavy atom. The number of Topliss-reactive ketones (excluding diaryl/α,β-unsaturated/α-hetero) is 1. The number of amides is 1. The predicted molar refractivity (Wildman–Crippen MR) is 105 cm³/mol. The Balaban J connectivity index is 3.03. The number of hydrogen-bond acceptors (Lipinski definition) is 3. The van der Waals surface area contributed by atoms with Crippen LogP contribution in [-0.4, -0.2) is 49.5 Å². The highest BCUT2D eigenvalue weighted by atomic mass is 16.5. The summed E-state index contributed by atoms with van der Waals surface area (Å²) in [6, 6.07) is 0. The van der Waals surface area contributed by atoms with Gasteiger partial charge in [-0.3, -0.25) is 9.59 Å². The second-order valence-corrected chi connectivity index (χ2v) is 7.37. The zero-order chi connectivity index (χ0) is 19.7. The van der Waals surface area contributed by atoms with E-state index in [-0.39, 0.29) is 11.7 Å². The normalized spacial score (nSPS) is 18.4. The van der Waals surface area contributed by atoms with Gasteiger partial charge in [0.2, 0.25) is 0 Å². The number of nitrogens with zero attached hydrogens (tertiary/aromatic N) is 1. The summed E-state index contributed by atoms with van der Waals surface area (Å²) >= 11 is 0. The maximum atomic E-state index is 12.9. The van der Waals surface area contributed by atoms with Crippen LogP contribution in [0.25, 0.3) is 0 Å². The highest BCUT2D eigenvalue weighted by Crippen LogP contribution is 2.21. The zero-order valence-corrected chi connectivity index (χ0v) is 17.1. The molecule has 1 N–H and O–H groups in total. The van der Waals surface area contributed by atoms with E-state index in [1.807, 2.05) is 26.8 Å². The molecule has 146 valence electrons. The van der Waals surface area contributed by atoms with Crippen molar-refractivity contribution in [3.8, 4) is 0 Å². The monoisotopic (exact) mass is 363 g/mol. The average molecular weight is 364 g/mol. The number of allylic oxidation sites excluding steroid dienone is 3. The molecule has 0 saturated carbocycles. The van der Waals surface area contributed by atoms with Gasteiger partial charge in [0.25, 0.3) is 5.91 Å². The van der Waals surface area contributed by atoms with Gasteiger partial charge in [0.15, 0.2) is 12.3 Å². The Kier molecular flexibility index (Phi) is 8.79. The molecule has 1 rings (SSSR count). The Morgan fingerprint density at radius 3 is 2.12 bits per heavy atom. The molecule has 0 spiro atoms. The topological polar surface area (TPSA) is 55.4 Å². The van der Waals surface area contributed by atoms with E-state index in [1.54, 1.807) is 14.0 Å². The minimum Gasteiger partial charge on any atom is -0.497 e. The molecular formula is C21H35N2O3+. The van der Waals surface area contributed by atoms with Crippen LogP contribution in [0.3, 0.4) is 0 Å². The summed E-state index contributed by atoms with van der Waals surface area (Å²) in [5.74, 6) is 0.612. The van der Waals surface area contributed by atoms with E-state index in [2.05, 4.69) is 11.9 Å². The van der Waals surface area contributed by atoms with E-state index in [0.29, 0.717) is 23.3 Å². The van der Waals surface area contributed by atoms with Crippen LogP contribution in [0.4, 0.5) is 0 Å². The summed E-state index contributed by atoms with van der Waals surface area (Å²) in [5, 5.41) is 3.05. The minimum atomic E-state index is -0.0624. The first-order valence-corrected chi connectivity index (χ1v) is 9.46. The van der Waals surface area contributed by atoms with Gasteiger partial charge in [-0.1, -0.05) is 12.7 Å². The first-order chi connectivity index (χ1) is 12.2. The van der Waals surface area contributed by atoms with Gasteiger partial charge in [0, 0.05) is 12.5 Å². The fourth-order valence-electron chi connectivity index (χ4n) is 3.61. The summed E-state index contributed by atoms with van der Waals surface area (Å²) < 4.78 is 5.79. The third-order valence-corrected chi connectivity index (χ3v) is 5.18. The maximum absolute atomic E-state index is 12.9. The molecule has 0 aliphatic carbocycles. The van der Waals surface area contributed by atoms with Crippen molar-refractivity contribution in [2.75, 3.05) is 33.3 Å². The van der Waals surface area contributed by atoms with E-state index >= 15 is 0 Å². The quantitative estimate of drug-likeness (QED) is 0.408. The molecule has 0 aromatic rings. The third-order valence-electron chi connectivity index (χ3n) is 5.18. The molecule has 0 unspecified atom stereocenters. The van der Waals surface area contributed by atoms with Crippen LogP contribution in [0.15, 0.2) is 35.3 Å². The summed E-state index contributed by atoms with van der Waals surface area (Å²) in [6.45, 7) is 13.8. The number of likely N-dealkylation sites (tertiary alicyclic amines) is 1. The predicted octanol–water partition coefficient (Wildman–Crippen LogP) is 3.48. The van der Waals surface area contributed by atoms with Crippen molar-refractivity contribution in [3.05, 3.63) is 35.3 Å². The van der Waals surface area contributed by atoms with Crippen molar-refractivity contribution in [2.24, 2.45) is 0 Å².